The second-order valence-electron chi connectivity index (χ2n) is 6.96. The zero-order valence-corrected chi connectivity index (χ0v) is 14.2. The third kappa shape index (κ3) is 4.81. The summed E-state index contributed by atoms with van der Waals surface area (Å²) in [6.45, 7) is 2.85. The van der Waals surface area contributed by atoms with Crippen molar-refractivity contribution in [1.29, 1.82) is 0 Å². The molecular formula is C19H27N3O2. The fourth-order valence-corrected chi connectivity index (χ4v) is 3.65. The van der Waals surface area contributed by atoms with Crippen molar-refractivity contribution in [3.05, 3.63) is 35.9 Å². The Morgan fingerprint density at radius 1 is 0.875 bits per heavy atom. The van der Waals surface area contributed by atoms with Gasteiger partial charge in [-0.3, -0.25) is 14.5 Å². The van der Waals surface area contributed by atoms with E-state index in [1.165, 1.54) is 5.56 Å². The average Bonchev–Trinajstić information content (AvgIpc) is 3.10. The lowest BCUT2D eigenvalue weighted by Gasteiger charge is -2.32. The average molecular weight is 329 g/mol. The molecule has 1 aromatic rings. The lowest BCUT2D eigenvalue weighted by Crippen LogP contribution is -2.50. The summed E-state index contributed by atoms with van der Waals surface area (Å²) in [6, 6.07) is 10.7. The van der Waals surface area contributed by atoms with Crippen LogP contribution < -0.4 is 10.6 Å². The van der Waals surface area contributed by atoms with E-state index in [1.807, 2.05) is 6.07 Å². The van der Waals surface area contributed by atoms with Crippen molar-refractivity contribution < 1.29 is 9.59 Å². The molecule has 5 nitrogen and oxygen atoms in total. The van der Waals surface area contributed by atoms with Gasteiger partial charge in [0.2, 0.25) is 0 Å². The molecule has 3 rings (SSSR count). The van der Waals surface area contributed by atoms with Crippen LogP contribution in [-0.2, 0) is 16.1 Å². The number of nitrogens with one attached hydrogen (secondary N) is 2. The summed E-state index contributed by atoms with van der Waals surface area (Å²) in [5.41, 5.74) is 1.32. The first-order valence-corrected chi connectivity index (χ1v) is 9.08. The van der Waals surface area contributed by atoms with Crippen LogP contribution in [0.3, 0.4) is 0 Å². The molecule has 0 aromatic heterocycles. The van der Waals surface area contributed by atoms with Gasteiger partial charge in [0.05, 0.1) is 0 Å². The quantitative estimate of drug-likeness (QED) is 0.829. The van der Waals surface area contributed by atoms with Crippen LogP contribution in [-0.4, -0.2) is 41.9 Å². The van der Waals surface area contributed by atoms with E-state index in [2.05, 4.69) is 39.8 Å². The first kappa shape index (κ1) is 17.0. The zero-order chi connectivity index (χ0) is 16.8. The number of hydrogen-bond donors (Lipinski definition) is 2. The highest BCUT2D eigenvalue weighted by Gasteiger charge is 2.25. The lowest BCUT2D eigenvalue weighted by molar-refractivity contribution is -0.140. The van der Waals surface area contributed by atoms with Gasteiger partial charge >= 0.3 is 11.8 Å². The highest BCUT2D eigenvalue weighted by Crippen LogP contribution is 2.17. The topological polar surface area (TPSA) is 61.4 Å². The van der Waals surface area contributed by atoms with E-state index < -0.39 is 11.8 Å². The Balaban J connectivity index is 1.38. The molecule has 0 unspecified atom stereocenters. The largest absolute Gasteiger partial charge is 0.345 e. The van der Waals surface area contributed by atoms with Gasteiger partial charge in [0, 0.05) is 31.7 Å². The van der Waals surface area contributed by atoms with Crippen LogP contribution in [0.15, 0.2) is 30.3 Å². The monoisotopic (exact) mass is 329 g/mol. The Kier molecular flexibility index (Phi) is 5.86. The van der Waals surface area contributed by atoms with Crippen molar-refractivity contribution >= 4 is 11.8 Å². The summed E-state index contributed by atoms with van der Waals surface area (Å²) in [5.74, 6) is -0.933. The van der Waals surface area contributed by atoms with Crippen molar-refractivity contribution in [1.82, 2.24) is 15.5 Å². The van der Waals surface area contributed by atoms with E-state index in [4.69, 9.17) is 0 Å². The van der Waals surface area contributed by atoms with E-state index >= 15 is 0 Å². The molecule has 24 heavy (non-hydrogen) atoms. The van der Waals surface area contributed by atoms with Crippen LogP contribution in [0.25, 0.3) is 0 Å². The van der Waals surface area contributed by atoms with Crippen molar-refractivity contribution in [2.75, 3.05) is 13.1 Å². The Labute approximate surface area is 143 Å². The number of carbonyl (C=O) groups is 2. The van der Waals surface area contributed by atoms with Crippen molar-refractivity contribution in [2.45, 2.75) is 57.2 Å². The SMILES string of the molecule is O=C(NC1CCCC1)C(=O)NC1CCN(Cc2ccccc2)CC1. The van der Waals surface area contributed by atoms with Crippen LogP contribution in [0.1, 0.15) is 44.1 Å². The van der Waals surface area contributed by atoms with Crippen molar-refractivity contribution in [3.8, 4) is 0 Å². The van der Waals surface area contributed by atoms with Gasteiger partial charge < -0.3 is 10.6 Å². The van der Waals surface area contributed by atoms with Crippen LogP contribution in [0.5, 0.6) is 0 Å². The first-order chi connectivity index (χ1) is 11.7. The summed E-state index contributed by atoms with van der Waals surface area (Å²) in [4.78, 5) is 26.4. The molecule has 0 radical (unpaired) electrons. The molecular weight excluding hydrogens is 302 g/mol. The minimum atomic E-state index is -0.469. The first-order valence-electron chi connectivity index (χ1n) is 9.08. The molecule has 0 bridgehead atoms. The van der Waals surface area contributed by atoms with Gasteiger partial charge in [-0.05, 0) is 31.2 Å². The Morgan fingerprint density at radius 3 is 2.00 bits per heavy atom. The van der Waals surface area contributed by atoms with E-state index in [0.717, 1.165) is 58.2 Å². The normalized spacial score (nSPS) is 20.0. The van der Waals surface area contributed by atoms with Crippen molar-refractivity contribution in [3.63, 3.8) is 0 Å². The van der Waals surface area contributed by atoms with Crippen LogP contribution in [0.4, 0.5) is 0 Å². The maximum atomic E-state index is 12.0. The lowest BCUT2D eigenvalue weighted by atomic mass is 10.0. The molecule has 2 N–H and O–H groups in total. The van der Waals surface area contributed by atoms with Gasteiger partial charge in [-0.15, -0.1) is 0 Å². The summed E-state index contributed by atoms with van der Waals surface area (Å²) in [5, 5.41) is 5.75. The van der Waals surface area contributed by atoms with Gasteiger partial charge in [0.15, 0.2) is 0 Å². The second kappa shape index (κ2) is 8.29. The molecule has 2 fully saturated rings. The standard InChI is InChI=1S/C19H27N3O2/c23-18(20-16-8-4-5-9-16)19(24)21-17-10-12-22(13-11-17)14-15-6-2-1-3-7-15/h1-3,6-7,16-17H,4-5,8-14H2,(H,20,23)(H,21,24). The number of carbonyl (C=O) groups excluding carboxylic acids is 2. The van der Waals surface area contributed by atoms with Crippen molar-refractivity contribution in [2.24, 2.45) is 0 Å². The molecule has 130 valence electrons. The summed E-state index contributed by atoms with van der Waals surface area (Å²) in [6.07, 6.45) is 6.08. The molecule has 2 aliphatic rings. The highest BCUT2D eigenvalue weighted by atomic mass is 16.2. The van der Waals surface area contributed by atoms with Crippen LogP contribution >= 0.6 is 0 Å². The Morgan fingerprint density at radius 2 is 1.42 bits per heavy atom. The van der Waals surface area contributed by atoms with E-state index in [-0.39, 0.29) is 12.1 Å². The van der Waals surface area contributed by atoms with Crippen LogP contribution in [0, 0.1) is 0 Å². The molecule has 1 aromatic carbocycles. The third-order valence-corrected chi connectivity index (χ3v) is 5.07. The predicted octanol–water partition coefficient (Wildman–Crippen LogP) is 1.83. The molecule has 1 saturated heterocycles. The molecule has 0 atom stereocenters. The number of rotatable bonds is 4. The zero-order valence-electron chi connectivity index (χ0n) is 14.2. The van der Waals surface area contributed by atoms with E-state index in [0.29, 0.717) is 0 Å². The Hall–Kier alpha value is -1.88. The van der Waals surface area contributed by atoms with Crippen LogP contribution in [0.2, 0.25) is 0 Å². The number of piperidine rings is 1. The summed E-state index contributed by atoms with van der Waals surface area (Å²) in [7, 11) is 0. The highest BCUT2D eigenvalue weighted by molar-refractivity contribution is 6.35. The summed E-state index contributed by atoms with van der Waals surface area (Å²) >= 11 is 0. The fraction of sp³-hybridized carbons (Fsp3) is 0.579. The fourth-order valence-electron chi connectivity index (χ4n) is 3.65. The van der Waals surface area contributed by atoms with E-state index in [1.54, 1.807) is 0 Å². The smallest absolute Gasteiger partial charge is 0.309 e. The molecule has 2 amide bonds. The second-order valence-corrected chi connectivity index (χ2v) is 6.96. The molecule has 1 heterocycles. The number of hydrogen-bond acceptors (Lipinski definition) is 3. The molecule has 1 aliphatic heterocycles. The van der Waals surface area contributed by atoms with Gasteiger partial charge in [0.1, 0.15) is 0 Å². The van der Waals surface area contributed by atoms with Gasteiger partial charge in [-0.2, -0.15) is 0 Å². The minimum Gasteiger partial charge on any atom is -0.345 e. The van der Waals surface area contributed by atoms with Gasteiger partial charge in [0.25, 0.3) is 0 Å². The molecule has 1 saturated carbocycles. The third-order valence-electron chi connectivity index (χ3n) is 5.07. The minimum absolute atomic E-state index is 0.110. The van der Waals surface area contributed by atoms with E-state index in [9.17, 15) is 9.59 Å². The number of benzene rings is 1. The maximum Gasteiger partial charge on any atom is 0.309 e. The molecule has 5 heteroatoms. The van der Waals surface area contributed by atoms with Gasteiger partial charge in [-0.1, -0.05) is 43.2 Å². The molecule has 0 spiro atoms. The Bertz CT molecular complexity index is 547. The number of likely N-dealkylation sites (tertiary alicyclic amines) is 1. The number of amides is 2. The predicted molar refractivity (Wildman–Crippen MR) is 93.3 cm³/mol. The molecule has 1 aliphatic carbocycles. The maximum absolute atomic E-state index is 12.0. The van der Waals surface area contributed by atoms with Gasteiger partial charge in [-0.25, -0.2) is 0 Å². The number of nitrogens with zero attached hydrogens (tertiary/aromatic N) is 1. The summed E-state index contributed by atoms with van der Waals surface area (Å²) < 4.78 is 0.